The van der Waals surface area contributed by atoms with Gasteiger partial charge in [0.15, 0.2) is 5.69 Å². The molecule has 25 heavy (non-hydrogen) atoms. The molecule has 1 saturated carbocycles. The first-order valence-electron chi connectivity index (χ1n) is 9.25. The SMILES string of the molecule is Cc1ccc(C2Cn3nc(C(=O)NC4CCCCC4)cc3CO2)cc1. The lowest BCUT2D eigenvalue weighted by molar-refractivity contribution is -0.00120. The first-order valence-corrected chi connectivity index (χ1v) is 9.25. The van der Waals surface area contributed by atoms with Crippen LogP contribution in [0.2, 0.25) is 0 Å². The molecule has 2 aromatic rings. The summed E-state index contributed by atoms with van der Waals surface area (Å²) in [5, 5.41) is 7.67. The standard InChI is InChI=1S/C20H25N3O2/c1-14-7-9-15(10-8-14)19-12-23-17(13-25-19)11-18(22-23)20(24)21-16-5-3-2-4-6-16/h7-11,16,19H,2-6,12-13H2,1H3,(H,21,24). The number of nitrogens with zero attached hydrogens (tertiary/aromatic N) is 2. The lowest BCUT2D eigenvalue weighted by atomic mass is 9.95. The van der Waals surface area contributed by atoms with Gasteiger partial charge in [0, 0.05) is 6.04 Å². The van der Waals surface area contributed by atoms with Crippen molar-refractivity contribution in [3.8, 4) is 0 Å². The molecule has 0 bridgehead atoms. The number of hydrogen-bond donors (Lipinski definition) is 1. The summed E-state index contributed by atoms with van der Waals surface area (Å²) in [6, 6.07) is 10.6. The summed E-state index contributed by atoms with van der Waals surface area (Å²) in [6.07, 6.45) is 5.84. The molecule has 1 aliphatic carbocycles. The molecule has 2 heterocycles. The Kier molecular flexibility index (Phi) is 4.57. The number of rotatable bonds is 3. The molecule has 0 spiro atoms. The van der Waals surface area contributed by atoms with Gasteiger partial charge in [0.05, 0.1) is 18.8 Å². The summed E-state index contributed by atoms with van der Waals surface area (Å²) in [6.45, 7) is 3.21. The van der Waals surface area contributed by atoms with Crippen molar-refractivity contribution in [3.05, 3.63) is 52.8 Å². The van der Waals surface area contributed by atoms with Gasteiger partial charge in [-0.1, -0.05) is 49.1 Å². The van der Waals surface area contributed by atoms with Crippen LogP contribution in [0.4, 0.5) is 0 Å². The maximum Gasteiger partial charge on any atom is 0.272 e. The smallest absolute Gasteiger partial charge is 0.272 e. The fourth-order valence-corrected chi connectivity index (χ4v) is 3.73. The Bertz CT molecular complexity index is 745. The zero-order valence-electron chi connectivity index (χ0n) is 14.7. The van der Waals surface area contributed by atoms with Crippen molar-refractivity contribution in [1.29, 1.82) is 0 Å². The van der Waals surface area contributed by atoms with E-state index in [2.05, 4.69) is 41.6 Å². The molecular weight excluding hydrogens is 314 g/mol. The fourth-order valence-electron chi connectivity index (χ4n) is 3.73. The lowest BCUT2D eigenvalue weighted by Crippen LogP contribution is -2.36. The van der Waals surface area contributed by atoms with Gasteiger partial charge in [-0.2, -0.15) is 5.10 Å². The number of carbonyl (C=O) groups excluding carboxylic acids is 1. The zero-order chi connectivity index (χ0) is 17.2. The molecule has 1 fully saturated rings. The van der Waals surface area contributed by atoms with Crippen molar-refractivity contribution in [3.63, 3.8) is 0 Å². The molecule has 4 rings (SSSR count). The summed E-state index contributed by atoms with van der Waals surface area (Å²) in [5.74, 6) is -0.0549. The molecule has 1 aliphatic heterocycles. The van der Waals surface area contributed by atoms with Gasteiger partial charge in [0.1, 0.15) is 6.10 Å². The van der Waals surface area contributed by atoms with Crippen molar-refractivity contribution in [1.82, 2.24) is 15.1 Å². The first-order chi connectivity index (χ1) is 12.2. The van der Waals surface area contributed by atoms with Gasteiger partial charge in [-0.25, -0.2) is 0 Å². The summed E-state index contributed by atoms with van der Waals surface area (Å²) in [5.41, 5.74) is 3.87. The van der Waals surface area contributed by atoms with Crippen LogP contribution < -0.4 is 5.32 Å². The largest absolute Gasteiger partial charge is 0.365 e. The fraction of sp³-hybridized carbons (Fsp3) is 0.500. The number of fused-ring (bicyclic) bond motifs is 1. The van der Waals surface area contributed by atoms with Gasteiger partial charge in [-0.3, -0.25) is 9.48 Å². The van der Waals surface area contributed by atoms with E-state index < -0.39 is 0 Å². The summed E-state index contributed by atoms with van der Waals surface area (Å²) in [7, 11) is 0. The summed E-state index contributed by atoms with van der Waals surface area (Å²) < 4.78 is 7.90. The normalized spacial score (nSPS) is 20.9. The molecule has 132 valence electrons. The molecule has 1 unspecified atom stereocenters. The molecular formula is C20H25N3O2. The predicted octanol–water partition coefficient (Wildman–Crippen LogP) is 3.53. The van der Waals surface area contributed by atoms with Crippen LogP contribution in [0.3, 0.4) is 0 Å². The number of amides is 1. The van der Waals surface area contributed by atoms with E-state index in [1.807, 2.05) is 10.7 Å². The highest BCUT2D eigenvalue weighted by atomic mass is 16.5. The highest BCUT2D eigenvalue weighted by molar-refractivity contribution is 5.92. The van der Waals surface area contributed by atoms with Crippen LogP contribution in [-0.2, 0) is 17.9 Å². The molecule has 5 nitrogen and oxygen atoms in total. The van der Waals surface area contributed by atoms with Crippen LogP contribution >= 0.6 is 0 Å². The van der Waals surface area contributed by atoms with E-state index in [1.165, 1.54) is 24.8 Å². The van der Waals surface area contributed by atoms with Crippen LogP contribution in [0, 0.1) is 6.92 Å². The Morgan fingerprint density at radius 1 is 1.20 bits per heavy atom. The minimum absolute atomic E-state index is 0.0118. The Morgan fingerprint density at radius 3 is 2.72 bits per heavy atom. The maximum absolute atomic E-state index is 12.5. The van der Waals surface area contributed by atoms with Crippen LogP contribution in [-0.4, -0.2) is 21.7 Å². The summed E-state index contributed by atoms with van der Waals surface area (Å²) in [4.78, 5) is 12.5. The third-order valence-corrected chi connectivity index (χ3v) is 5.26. The lowest BCUT2D eigenvalue weighted by Gasteiger charge is -2.24. The van der Waals surface area contributed by atoms with Gasteiger partial charge in [-0.15, -0.1) is 0 Å². The quantitative estimate of drug-likeness (QED) is 0.931. The Morgan fingerprint density at radius 2 is 1.96 bits per heavy atom. The van der Waals surface area contributed by atoms with Gasteiger partial charge < -0.3 is 10.1 Å². The average molecular weight is 339 g/mol. The highest BCUT2D eigenvalue weighted by Gasteiger charge is 2.25. The van der Waals surface area contributed by atoms with Crippen LogP contribution in [0.1, 0.15) is 65.5 Å². The van der Waals surface area contributed by atoms with Crippen molar-refractivity contribution in [2.45, 2.75) is 64.3 Å². The van der Waals surface area contributed by atoms with E-state index >= 15 is 0 Å². The maximum atomic E-state index is 12.5. The van der Waals surface area contributed by atoms with E-state index in [9.17, 15) is 4.79 Å². The van der Waals surface area contributed by atoms with E-state index in [0.717, 1.165) is 24.1 Å². The summed E-state index contributed by atoms with van der Waals surface area (Å²) >= 11 is 0. The molecule has 1 atom stereocenters. The number of carbonyl (C=O) groups is 1. The molecule has 0 saturated heterocycles. The van der Waals surface area contributed by atoms with Gasteiger partial charge in [-0.05, 0) is 31.4 Å². The average Bonchev–Trinajstić information content (AvgIpc) is 3.06. The van der Waals surface area contributed by atoms with E-state index in [1.54, 1.807) is 0 Å². The van der Waals surface area contributed by atoms with Crippen molar-refractivity contribution in [2.24, 2.45) is 0 Å². The first kappa shape index (κ1) is 16.3. The number of ether oxygens (including phenoxy) is 1. The molecule has 5 heteroatoms. The van der Waals surface area contributed by atoms with Crippen molar-refractivity contribution < 1.29 is 9.53 Å². The third-order valence-electron chi connectivity index (χ3n) is 5.26. The number of hydrogen-bond acceptors (Lipinski definition) is 3. The third kappa shape index (κ3) is 3.61. The second kappa shape index (κ2) is 7.00. The van der Waals surface area contributed by atoms with E-state index in [0.29, 0.717) is 24.9 Å². The molecule has 1 aromatic heterocycles. The number of aromatic nitrogens is 2. The van der Waals surface area contributed by atoms with Crippen molar-refractivity contribution in [2.75, 3.05) is 0 Å². The number of aryl methyl sites for hydroxylation is 1. The molecule has 2 aliphatic rings. The topological polar surface area (TPSA) is 56.2 Å². The highest BCUT2D eigenvalue weighted by Crippen LogP contribution is 2.27. The van der Waals surface area contributed by atoms with Gasteiger partial charge >= 0.3 is 0 Å². The Labute approximate surface area is 148 Å². The Balaban J connectivity index is 1.44. The van der Waals surface area contributed by atoms with Crippen LogP contribution in [0.25, 0.3) is 0 Å². The molecule has 1 amide bonds. The predicted molar refractivity (Wildman–Crippen MR) is 95.3 cm³/mol. The molecule has 1 aromatic carbocycles. The Hall–Kier alpha value is -2.14. The minimum atomic E-state index is -0.0549. The van der Waals surface area contributed by atoms with Crippen molar-refractivity contribution >= 4 is 5.91 Å². The van der Waals surface area contributed by atoms with Crippen LogP contribution in [0.15, 0.2) is 30.3 Å². The molecule has 1 N–H and O–H groups in total. The number of nitrogens with one attached hydrogen (secondary N) is 1. The van der Waals surface area contributed by atoms with E-state index in [-0.39, 0.29) is 12.0 Å². The van der Waals surface area contributed by atoms with Crippen LogP contribution in [0.5, 0.6) is 0 Å². The molecule has 0 radical (unpaired) electrons. The van der Waals surface area contributed by atoms with E-state index in [4.69, 9.17) is 4.74 Å². The second-order valence-corrected chi connectivity index (χ2v) is 7.22. The second-order valence-electron chi connectivity index (χ2n) is 7.22. The monoisotopic (exact) mass is 339 g/mol. The number of benzene rings is 1. The van der Waals surface area contributed by atoms with Gasteiger partial charge in [0.25, 0.3) is 5.91 Å². The van der Waals surface area contributed by atoms with Gasteiger partial charge in [0.2, 0.25) is 0 Å². The zero-order valence-corrected chi connectivity index (χ0v) is 14.7. The minimum Gasteiger partial charge on any atom is -0.365 e.